The van der Waals surface area contributed by atoms with Crippen LogP contribution in [0, 0.1) is 0 Å². The summed E-state index contributed by atoms with van der Waals surface area (Å²) in [6, 6.07) is 0.161. The molecule has 0 amide bonds. The van der Waals surface area contributed by atoms with Crippen molar-refractivity contribution in [3.63, 3.8) is 0 Å². The Bertz CT molecular complexity index is 312. The maximum atomic E-state index is 5.72. The quantitative estimate of drug-likeness (QED) is 0.828. The van der Waals surface area contributed by atoms with Gasteiger partial charge in [-0.05, 0) is 27.7 Å². The first kappa shape index (κ1) is 13.2. The Morgan fingerprint density at radius 3 is 2.75 bits per heavy atom. The third kappa shape index (κ3) is 5.28. The van der Waals surface area contributed by atoms with Crippen LogP contribution in [0.1, 0.15) is 33.4 Å². The van der Waals surface area contributed by atoms with Crippen molar-refractivity contribution in [2.75, 3.05) is 6.61 Å². The molecule has 0 aliphatic carbocycles. The van der Waals surface area contributed by atoms with Gasteiger partial charge in [0, 0.05) is 25.2 Å². The van der Waals surface area contributed by atoms with Gasteiger partial charge in [0.15, 0.2) is 0 Å². The molecule has 0 aliphatic heterocycles. The van der Waals surface area contributed by atoms with Crippen molar-refractivity contribution < 1.29 is 4.74 Å². The van der Waals surface area contributed by atoms with E-state index < -0.39 is 0 Å². The lowest BCUT2D eigenvalue weighted by Gasteiger charge is -2.19. The van der Waals surface area contributed by atoms with Gasteiger partial charge in [-0.15, -0.1) is 0 Å². The molecule has 1 atom stereocenters. The molecular weight excluding hydrogens is 202 g/mol. The fourth-order valence-electron chi connectivity index (χ4n) is 1.42. The van der Waals surface area contributed by atoms with Gasteiger partial charge in [0.1, 0.15) is 0 Å². The number of ether oxygens (including phenoxy) is 1. The summed E-state index contributed by atoms with van der Waals surface area (Å²) in [4.78, 5) is 4.30. The Hall–Kier alpha value is -0.870. The lowest BCUT2D eigenvalue weighted by Crippen LogP contribution is -2.21. The number of hydrogen-bond acceptors (Lipinski definition) is 3. The van der Waals surface area contributed by atoms with Crippen molar-refractivity contribution in [1.29, 1.82) is 0 Å². The third-order valence-electron chi connectivity index (χ3n) is 2.10. The molecule has 1 aromatic heterocycles. The molecule has 0 fully saturated rings. The van der Waals surface area contributed by atoms with Crippen molar-refractivity contribution >= 4 is 0 Å². The molecule has 2 N–H and O–H groups in total. The molecule has 1 unspecified atom stereocenters. The smallest absolute Gasteiger partial charge is 0.0950 e. The van der Waals surface area contributed by atoms with Crippen molar-refractivity contribution in [1.82, 2.24) is 9.55 Å². The highest BCUT2D eigenvalue weighted by molar-refractivity contribution is 4.98. The van der Waals surface area contributed by atoms with E-state index in [1.165, 1.54) is 0 Å². The standard InChI is InChI=1S/C12H23N3O/c1-10(13)7-11-8-15(9-14-11)5-6-16-12(2,3)4/h8-10H,5-7,13H2,1-4H3. The van der Waals surface area contributed by atoms with Crippen molar-refractivity contribution in [3.05, 3.63) is 18.2 Å². The minimum absolute atomic E-state index is 0.0742. The highest BCUT2D eigenvalue weighted by Crippen LogP contribution is 2.07. The zero-order valence-corrected chi connectivity index (χ0v) is 10.7. The van der Waals surface area contributed by atoms with Crippen LogP contribution in [-0.4, -0.2) is 27.8 Å². The van der Waals surface area contributed by atoms with E-state index in [0.717, 1.165) is 18.7 Å². The molecule has 1 rings (SSSR count). The molecule has 0 aromatic carbocycles. The molecular formula is C12H23N3O. The van der Waals surface area contributed by atoms with E-state index in [-0.39, 0.29) is 11.6 Å². The molecule has 1 heterocycles. The largest absolute Gasteiger partial charge is 0.374 e. The third-order valence-corrected chi connectivity index (χ3v) is 2.10. The highest BCUT2D eigenvalue weighted by Gasteiger charge is 2.09. The fourth-order valence-corrected chi connectivity index (χ4v) is 1.42. The summed E-state index contributed by atoms with van der Waals surface area (Å²) < 4.78 is 7.70. The highest BCUT2D eigenvalue weighted by atomic mass is 16.5. The van der Waals surface area contributed by atoms with E-state index in [4.69, 9.17) is 10.5 Å². The summed E-state index contributed by atoms with van der Waals surface area (Å²) in [5, 5.41) is 0. The number of hydrogen-bond donors (Lipinski definition) is 1. The zero-order chi connectivity index (χ0) is 12.2. The molecule has 92 valence electrons. The van der Waals surface area contributed by atoms with Gasteiger partial charge in [-0.3, -0.25) is 0 Å². The second kappa shape index (κ2) is 5.46. The van der Waals surface area contributed by atoms with Crippen LogP contribution in [0.25, 0.3) is 0 Å². The van der Waals surface area contributed by atoms with Crippen molar-refractivity contribution in [3.8, 4) is 0 Å². The van der Waals surface area contributed by atoms with Gasteiger partial charge in [-0.25, -0.2) is 4.98 Å². The number of imidazole rings is 1. The normalized spacial score (nSPS) is 14.1. The first-order chi connectivity index (χ1) is 7.37. The Kier molecular flexibility index (Phi) is 4.50. The van der Waals surface area contributed by atoms with Crippen LogP contribution in [0.5, 0.6) is 0 Å². The molecule has 16 heavy (non-hydrogen) atoms. The van der Waals surface area contributed by atoms with Crippen LogP contribution < -0.4 is 5.73 Å². The molecule has 0 bridgehead atoms. The Morgan fingerprint density at radius 2 is 2.19 bits per heavy atom. The van der Waals surface area contributed by atoms with E-state index >= 15 is 0 Å². The van der Waals surface area contributed by atoms with Gasteiger partial charge in [0.2, 0.25) is 0 Å². The SMILES string of the molecule is CC(N)Cc1cn(CCOC(C)(C)C)cn1. The van der Waals surface area contributed by atoms with E-state index in [1.807, 2.05) is 24.0 Å². The summed E-state index contributed by atoms with van der Waals surface area (Å²) in [6.45, 7) is 9.70. The predicted molar refractivity (Wildman–Crippen MR) is 65.3 cm³/mol. The first-order valence-corrected chi connectivity index (χ1v) is 5.77. The molecule has 0 aliphatic rings. The average Bonchev–Trinajstić information content (AvgIpc) is 2.49. The molecule has 4 heteroatoms. The van der Waals surface area contributed by atoms with Gasteiger partial charge in [0.05, 0.1) is 24.2 Å². The predicted octanol–water partition coefficient (Wildman–Crippen LogP) is 1.59. The van der Waals surface area contributed by atoms with Crippen LogP contribution in [-0.2, 0) is 17.7 Å². The Morgan fingerprint density at radius 1 is 1.50 bits per heavy atom. The Balaban J connectivity index is 2.35. The van der Waals surface area contributed by atoms with Gasteiger partial charge < -0.3 is 15.0 Å². The van der Waals surface area contributed by atoms with E-state index in [0.29, 0.717) is 6.61 Å². The second-order valence-electron chi connectivity index (χ2n) is 5.25. The van der Waals surface area contributed by atoms with Crippen LogP contribution in [0.15, 0.2) is 12.5 Å². The van der Waals surface area contributed by atoms with Crippen LogP contribution in [0.4, 0.5) is 0 Å². The lowest BCUT2D eigenvalue weighted by atomic mass is 10.2. The van der Waals surface area contributed by atoms with Gasteiger partial charge >= 0.3 is 0 Å². The zero-order valence-electron chi connectivity index (χ0n) is 10.7. The Labute approximate surface area is 97.8 Å². The van der Waals surface area contributed by atoms with Gasteiger partial charge in [-0.2, -0.15) is 0 Å². The number of nitrogens with zero attached hydrogens (tertiary/aromatic N) is 2. The van der Waals surface area contributed by atoms with Crippen molar-refractivity contribution in [2.24, 2.45) is 5.73 Å². The lowest BCUT2D eigenvalue weighted by molar-refractivity contribution is -0.00683. The number of rotatable bonds is 5. The minimum Gasteiger partial charge on any atom is -0.374 e. The second-order valence-corrected chi connectivity index (χ2v) is 5.25. The topological polar surface area (TPSA) is 53.1 Å². The number of aromatic nitrogens is 2. The fraction of sp³-hybridized carbons (Fsp3) is 0.750. The van der Waals surface area contributed by atoms with Gasteiger partial charge in [0.25, 0.3) is 0 Å². The molecule has 1 aromatic rings. The molecule has 0 spiro atoms. The maximum absolute atomic E-state index is 5.72. The average molecular weight is 225 g/mol. The molecule has 4 nitrogen and oxygen atoms in total. The summed E-state index contributed by atoms with van der Waals surface area (Å²) >= 11 is 0. The minimum atomic E-state index is -0.0742. The summed E-state index contributed by atoms with van der Waals surface area (Å²) in [6.07, 6.45) is 4.70. The summed E-state index contributed by atoms with van der Waals surface area (Å²) in [7, 11) is 0. The monoisotopic (exact) mass is 225 g/mol. The van der Waals surface area contributed by atoms with Crippen LogP contribution in [0.3, 0.4) is 0 Å². The van der Waals surface area contributed by atoms with Crippen LogP contribution >= 0.6 is 0 Å². The first-order valence-electron chi connectivity index (χ1n) is 5.77. The van der Waals surface area contributed by atoms with E-state index in [9.17, 15) is 0 Å². The van der Waals surface area contributed by atoms with Gasteiger partial charge in [-0.1, -0.05) is 0 Å². The summed E-state index contributed by atoms with van der Waals surface area (Å²) in [5.41, 5.74) is 6.69. The van der Waals surface area contributed by atoms with Crippen LogP contribution in [0.2, 0.25) is 0 Å². The summed E-state index contributed by atoms with van der Waals surface area (Å²) in [5.74, 6) is 0. The molecule has 0 radical (unpaired) electrons. The van der Waals surface area contributed by atoms with E-state index in [2.05, 4.69) is 25.8 Å². The maximum Gasteiger partial charge on any atom is 0.0950 e. The molecule has 0 saturated carbocycles. The molecule has 0 saturated heterocycles. The number of nitrogens with two attached hydrogens (primary N) is 1. The van der Waals surface area contributed by atoms with E-state index in [1.54, 1.807) is 0 Å². The van der Waals surface area contributed by atoms with Crippen molar-refractivity contribution in [2.45, 2.75) is 52.3 Å².